The monoisotopic (exact) mass is 506 g/mol. The highest BCUT2D eigenvalue weighted by molar-refractivity contribution is 5.83. The van der Waals surface area contributed by atoms with Gasteiger partial charge in [0.1, 0.15) is 12.2 Å². The standard InChI is InChI=1S/C28H42O8/c1-10-15(5)12-22(30)34-21-13-20(14(3)4)25-23(17(21)7)28(35-26(31)16(6)11-2)36-27(32)24(25)18(8)33-19(9)29/h12,14,16,18,20-21,23-25,28H,7,10-11,13H2,1-6,8-9H3/b15-12+/t16-,18-,20+,21-,23+,24-,25+,28-/m1/s1. The highest BCUT2D eigenvalue weighted by Crippen LogP contribution is 2.52. The highest BCUT2D eigenvalue weighted by atomic mass is 16.7. The van der Waals surface area contributed by atoms with Crippen molar-refractivity contribution >= 4 is 23.9 Å². The molecule has 1 saturated carbocycles. The molecule has 0 aromatic rings. The zero-order chi connectivity index (χ0) is 27.3. The van der Waals surface area contributed by atoms with Crippen molar-refractivity contribution in [3.63, 3.8) is 0 Å². The lowest BCUT2D eigenvalue weighted by Crippen LogP contribution is -2.58. The zero-order valence-electron chi connectivity index (χ0n) is 22.9. The number of hydrogen-bond donors (Lipinski definition) is 0. The fraction of sp³-hybridized carbons (Fsp3) is 0.714. The van der Waals surface area contributed by atoms with Crippen LogP contribution in [0.15, 0.2) is 23.8 Å². The molecule has 8 atom stereocenters. The molecule has 0 N–H and O–H groups in total. The molecule has 2 rings (SSSR count). The molecule has 36 heavy (non-hydrogen) atoms. The Morgan fingerprint density at radius 2 is 1.75 bits per heavy atom. The Hall–Kier alpha value is -2.64. The molecule has 202 valence electrons. The summed E-state index contributed by atoms with van der Waals surface area (Å²) in [6.07, 6.45) is 0.614. The van der Waals surface area contributed by atoms with Gasteiger partial charge in [-0.25, -0.2) is 4.79 Å². The second kappa shape index (κ2) is 12.5. The van der Waals surface area contributed by atoms with Crippen LogP contribution in [0.1, 0.15) is 74.7 Å². The number of hydrogen-bond acceptors (Lipinski definition) is 8. The molecule has 1 heterocycles. The van der Waals surface area contributed by atoms with Gasteiger partial charge in [-0.1, -0.05) is 46.8 Å². The van der Waals surface area contributed by atoms with Crippen LogP contribution in [0.25, 0.3) is 0 Å². The number of rotatable bonds is 9. The second-order valence-electron chi connectivity index (χ2n) is 10.5. The Bertz CT molecular complexity index is 888. The van der Waals surface area contributed by atoms with Crippen LogP contribution in [0, 0.1) is 35.5 Å². The first-order chi connectivity index (χ1) is 16.8. The van der Waals surface area contributed by atoms with Gasteiger partial charge in [-0.15, -0.1) is 0 Å². The lowest BCUT2D eigenvalue weighted by atomic mass is 9.58. The lowest BCUT2D eigenvalue weighted by molar-refractivity contribution is -0.236. The van der Waals surface area contributed by atoms with E-state index in [4.69, 9.17) is 18.9 Å². The van der Waals surface area contributed by atoms with E-state index in [9.17, 15) is 19.2 Å². The summed E-state index contributed by atoms with van der Waals surface area (Å²) in [5.74, 6) is -4.21. The number of carbonyl (C=O) groups excluding carboxylic acids is 4. The van der Waals surface area contributed by atoms with E-state index in [1.807, 2.05) is 34.6 Å². The topological polar surface area (TPSA) is 105 Å². The van der Waals surface area contributed by atoms with E-state index in [1.54, 1.807) is 13.8 Å². The fourth-order valence-corrected chi connectivity index (χ4v) is 5.21. The van der Waals surface area contributed by atoms with Gasteiger partial charge in [0.25, 0.3) is 6.29 Å². The van der Waals surface area contributed by atoms with Crippen LogP contribution < -0.4 is 0 Å². The van der Waals surface area contributed by atoms with Crippen LogP contribution in [0.2, 0.25) is 0 Å². The predicted molar refractivity (Wildman–Crippen MR) is 133 cm³/mol. The number of cyclic esters (lactones) is 1. The third-order valence-corrected chi connectivity index (χ3v) is 7.59. The van der Waals surface area contributed by atoms with E-state index >= 15 is 0 Å². The summed E-state index contributed by atoms with van der Waals surface area (Å²) in [5.41, 5.74) is 1.42. The summed E-state index contributed by atoms with van der Waals surface area (Å²) in [6.45, 7) is 18.7. The van der Waals surface area contributed by atoms with Crippen molar-refractivity contribution < 1.29 is 38.1 Å². The predicted octanol–water partition coefficient (Wildman–Crippen LogP) is 4.76. The van der Waals surface area contributed by atoms with Gasteiger partial charge in [-0.05, 0) is 56.4 Å². The number of carbonyl (C=O) groups is 4. The molecular weight excluding hydrogens is 464 g/mol. The number of fused-ring (bicyclic) bond motifs is 1. The minimum atomic E-state index is -1.20. The summed E-state index contributed by atoms with van der Waals surface area (Å²) in [6, 6.07) is 0. The van der Waals surface area contributed by atoms with Crippen LogP contribution in [0.5, 0.6) is 0 Å². The Kier molecular flexibility index (Phi) is 10.3. The number of allylic oxidation sites excluding steroid dienone is 1. The molecule has 8 nitrogen and oxygen atoms in total. The number of esters is 4. The molecule has 2 aliphatic rings. The van der Waals surface area contributed by atoms with Gasteiger partial charge in [-0.2, -0.15) is 0 Å². The fourth-order valence-electron chi connectivity index (χ4n) is 5.21. The zero-order valence-corrected chi connectivity index (χ0v) is 22.9. The first kappa shape index (κ1) is 29.6. The van der Waals surface area contributed by atoms with Crippen molar-refractivity contribution in [1.29, 1.82) is 0 Å². The third kappa shape index (κ3) is 6.77. The summed E-state index contributed by atoms with van der Waals surface area (Å²) in [4.78, 5) is 50.3. The molecule has 0 radical (unpaired) electrons. The average Bonchev–Trinajstić information content (AvgIpc) is 2.78. The molecule has 2 fully saturated rings. The molecule has 0 amide bonds. The van der Waals surface area contributed by atoms with Crippen LogP contribution in [-0.2, 0) is 38.1 Å². The van der Waals surface area contributed by atoms with Crippen LogP contribution in [0.4, 0.5) is 0 Å². The highest BCUT2D eigenvalue weighted by Gasteiger charge is 2.58. The molecule has 0 unspecified atom stereocenters. The van der Waals surface area contributed by atoms with Gasteiger partial charge >= 0.3 is 23.9 Å². The smallest absolute Gasteiger partial charge is 0.331 e. The number of ether oxygens (including phenoxy) is 4. The Morgan fingerprint density at radius 3 is 2.28 bits per heavy atom. The molecule has 0 bridgehead atoms. The maximum absolute atomic E-state index is 13.3. The van der Waals surface area contributed by atoms with E-state index in [1.165, 1.54) is 13.0 Å². The Morgan fingerprint density at radius 1 is 1.11 bits per heavy atom. The van der Waals surface area contributed by atoms with Crippen molar-refractivity contribution in [2.75, 3.05) is 0 Å². The lowest BCUT2D eigenvalue weighted by Gasteiger charge is -2.52. The summed E-state index contributed by atoms with van der Waals surface area (Å²) in [7, 11) is 0. The van der Waals surface area contributed by atoms with E-state index < -0.39 is 54.2 Å². The average molecular weight is 507 g/mol. The molecule has 8 heteroatoms. The van der Waals surface area contributed by atoms with Gasteiger partial charge < -0.3 is 18.9 Å². The Labute approximate surface area is 214 Å². The minimum absolute atomic E-state index is 0.0866. The van der Waals surface area contributed by atoms with Crippen LogP contribution in [0.3, 0.4) is 0 Å². The molecule has 0 spiro atoms. The SMILES string of the molecule is C=C1[C@@H]2[C@H](OC(=O)[C@H](C)CC)OC(=O)[C@H]([C@@H](C)OC(C)=O)[C@H]2[C@H](C(C)C)C[C@H]1OC(=O)/C=C(\C)CC. The normalized spacial score (nSPS) is 30.1. The summed E-state index contributed by atoms with van der Waals surface area (Å²) >= 11 is 0. The van der Waals surface area contributed by atoms with Crippen LogP contribution in [-0.4, -0.2) is 42.4 Å². The van der Waals surface area contributed by atoms with Crippen molar-refractivity contribution in [3.8, 4) is 0 Å². The van der Waals surface area contributed by atoms with E-state index in [2.05, 4.69) is 6.58 Å². The van der Waals surface area contributed by atoms with Gasteiger partial charge in [0, 0.05) is 13.0 Å². The van der Waals surface area contributed by atoms with E-state index in [-0.39, 0.29) is 23.7 Å². The van der Waals surface area contributed by atoms with Gasteiger partial charge in [0.05, 0.1) is 17.8 Å². The van der Waals surface area contributed by atoms with Crippen molar-refractivity contribution in [2.45, 2.75) is 93.2 Å². The van der Waals surface area contributed by atoms with Crippen molar-refractivity contribution in [3.05, 3.63) is 23.8 Å². The largest absolute Gasteiger partial charge is 0.462 e. The summed E-state index contributed by atoms with van der Waals surface area (Å²) < 4.78 is 22.7. The van der Waals surface area contributed by atoms with E-state index in [0.717, 1.165) is 12.0 Å². The van der Waals surface area contributed by atoms with Crippen molar-refractivity contribution in [2.24, 2.45) is 35.5 Å². The minimum Gasteiger partial charge on any atom is -0.462 e. The van der Waals surface area contributed by atoms with Gasteiger partial charge in [0.15, 0.2) is 0 Å². The quantitative estimate of drug-likeness (QED) is 0.191. The van der Waals surface area contributed by atoms with Gasteiger partial charge in [-0.3, -0.25) is 14.4 Å². The molecule has 1 aliphatic heterocycles. The van der Waals surface area contributed by atoms with E-state index in [0.29, 0.717) is 18.4 Å². The first-order valence-electron chi connectivity index (χ1n) is 13.0. The molecule has 0 aromatic heterocycles. The van der Waals surface area contributed by atoms with Crippen LogP contribution >= 0.6 is 0 Å². The third-order valence-electron chi connectivity index (χ3n) is 7.59. The maximum Gasteiger partial charge on any atom is 0.331 e. The van der Waals surface area contributed by atoms with Crippen molar-refractivity contribution in [1.82, 2.24) is 0 Å². The molecule has 1 aliphatic carbocycles. The molecular formula is C28H42O8. The summed E-state index contributed by atoms with van der Waals surface area (Å²) in [5, 5.41) is 0. The molecule has 1 saturated heterocycles. The first-order valence-corrected chi connectivity index (χ1v) is 13.0. The van der Waals surface area contributed by atoms with Gasteiger partial charge in [0.2, 0.25) is 0 Å². The molecule has 0 aromatic carbocycles. The maximum atomic E-state index is 13.3. The Balaban J connectivity index is 2.52. The second-order valence-corrected chi connectivity index (χ2v) is 10.5.